The zero-order chi connectivity index (χ0) is 13.0. The predicted octanol–water partition coefficient (Wildman–Crippen LogP) is 4.35. The number of carbonyl (C=O) groups is 1. The molecule has 1 nitrogen and oxygen atoms in total. The normalized spacial score (nSPS) is 11.0. The van der Waals surface area contributed by atoms with Crippen LogP contribution in [0.3, 0.4) is 0 Å². The van der Waals surface area contributed by atoms with Crippen molar-refractivity contribution in [3.63, 3.8) is 0 Å². The Labute approximate surface area is 110 Å². The third-order valence-electron chi connectivity index (χ3n) is 2.57. The van der Waals surface area contributed by atoms with Crippen LogP contribution in [0.2, 0.25) is 0 Å². The molecular weight excluding hydrogens is 247 g/mol. The number of aryl methyl sites for hydroxylation is 1. The van der Waals surface area contributed by atoms with Gasteiger partial charge in [0.05, 0.1) is 4.88 Å². The fourth-order valence-electron chi connectivity index (χ4n) is 1.56. The standard InChI is InChI=1S/C15H13FOS/c1-2-12-8-10-15(18-12)14(17)9-7-11-5-3-4-6-13(11)16/h3-10H,2H2,1H3/b9-7+. The molecule has 0 aliphatic carbocycles. The molecule has 0 bridgehead atoms. The highest BCUT2D eigenvalue weighted by Crippen LogP contribution is 2.18. The second kappa shape index (κ2) is 5.74. The van der Waals surface area contributed by atoms with Gasteiger partial charge in [0.25, 0.3) is 0 Å². The Kier molecular flexibility index (Phi) is 4.05. The molecule has 0 aliphatic rings. The smallest absolute Gasteiger partial charge is 0.195 e. The Morgan fingerprint density at radius 3 is 2.72 bits per heavy atom. The summed E-state index contributed by atoms with van der Waals surface area (Å²) in [6.45, 7) is 2.05. The maximum absolute atomic E-state index is 13.3. The Morgan fingerprint density at radius 2 is 2.06 bits per heavy atom. The number of thiophene rings is 1. The molecule has 0 unspecified atom stereocenters. The molecule has 0 saturated heterocycles. The summed E-state index contributed by atoms with van der Waals surface area (Å²) in [5, 5.41) is 0. The van der Waals surface area contributed by atoms with Gasteiger partial charge in [-0.05, 0) is 36.8 Å². The highest BCUT2D eigenvalue weighted by molar-refractivity contribution is 7.14. The molecule has 2 aromatic rings. The van der Waals surface area contributed by atoms with Crippen LogP contribution in [-0.2, 0) is 6.42 Å². The molecule has 0 radical (unpaired) electrons. The van der Waals surface area contributed by atoms with Gasteiger partial charge in [-0.15, -0.1) is 11.3 Å². The highest BCUT2D eigenvalue weighted by atomic mass is 32.1. The molecule has 0 spiro atoms. The molecule has 1 aromatic carbocycles. The summed E-state index contributed by atoms with van der Waals surface area (Å²) in [5.74, 6) is -0.398. The Balaban J connectivity index is 2.14. The van der Waals surface area contributed by atoms with Crippen LogP contribution in [0.5, 0.6) is 0 Å². The van der Waals surface area contributed by atoms with E-state index in [1.54, 1.807) is 18.2 Å². The van der Waals surface area contributed by atoms with E-state index in [9.17, 15) is 9.18 Å². The summed E-state index contributed by atoms with van der Waals surface area (Å²) in [6.07, 6.45) is 3.86. The number of benzene rings is 1. The second-order valence-corrected chi connectivity index (χ2v) is 5.01. The molecule has 0 atom stereocenters. The van der Waals surface area contributed by atoms with Gasteiger partial charge in [-0.25, -0.2) is 4.39 Å². The minimum atomic E-state index is -0.318. The van der Waals surface area contributed by atoms with Gasteiger partial charge in [0.2, 0.25) is 0 Å². The minimum absolute atomic E-state index is 0.0806. The minimum Gasteiger partial charge on any atom is -0.288 e. The third-order valence-corrected chi connectivity index (χ3v) is 3.82. The first kappa shape index (κ1) is 12.7. The van der Waals surface area contributed by atoms with E-state index in [1.165, 1.54) is 34.4 Å². The summed E-state index contributed by atoms with van der Waals surface area (Å²) in [5.41, 5.74) is 0.429. The third kappa shape index (κ3) is 2.93. The summed E-state index contributed by atoms with van der Waals surface area (Å²) in [6, 6.07) is 10.2. The molecule has 0 saturated carbocycles. The van der Waals surface area contributed by atoms with Crippen molar-refractivity contribution in [1.29, 1.82) is 0 Å². The van der Waals surface area contributed by atoms with Crippen LogP contribution in [0.4, 0.5) is 4.39 Å². The summed E-state index contributed by atoms with van der Waals surface area (Å²) < 4.78 is 13.3. The van der Waals surface area contributed by atoms with E-state index >= 15 is 0 Å². The molecule has 1 heterocycles. The van der Waals surface area contributed by atoms with Gasteiger partial charge in [0.15, 0.2) is 5.78 Å². The lowest BCUT2D eigenvalue weighted by Gasteiger charge is -1.94. The van der Waals surface area contributed by atoms with Crippen molar-refractivity contribution in [2.45, 2.75) is 13.3 Å². The summed E-state index contributed by atoms with van der Waals surface area (Å²) in [4.78, 5) is 13.7. The van der Waals surface area contributed by atoms with E-state index in [2.05, 4.69) is 6.92 Å². The van der Waals surface area contributed by atoms with E-state index in [0.29, 0.717) is 10.4 Å². The number of allylic oxidation sites excluding steroid dienone is 1. The van der Waals surface area contributed by atoms with Crippen molar-refractivity contribution in [3.05, 3.63) is 63.6 Å². The van der Waals surface area contributed by atoms with Crippen molar-refractivity contribution in [1.82, 2.24) is 0 Å². The number of halogens is 1. The first-order valence-electron chi connectivity index (χ1n) is 5.76. The van der Waals surface area contributed by atoms with Crippen LogP contribution in [0.1, 0.15) is 27.0 Å². The Hall–Kier alpha value is -1.74. The molecule has 2 rings (SSSR count). The fraction of sp³-hybridized carbons (Fsp3) is 0.133. The predicted molar refractivity (Wildman–Crippen MR) is 73.5 cm³/mol. The van der Waals surface area contributed by atoms with Crippen molar-refractivity contribution in [2.24, 2.45) is 0 Å². The molecule has 0 aliphatic heterocycles. The molecule has 1 aromatic heterocycles. The first-order valence-corrected chi connectivity index (χ1v) is 6.58. The largest absolute Gasteiger partial charge is 0.288 e. The lowest BCUT2D eigenvalue weighted by atomic mass is 10.2. The number of rotatable bonds is 4. The zero-order valence-electron chi connectivity index (χ0n) is 10.0. The van der Waals surface area contributed by atoms with E-state index in [0.717, 1.165) is 6.42 Å². The van der Waals surface area contributed by atoms with Crippen molar-refractivity contribution < 1.29 is 9.18 Å². The fourth-order valence-corrected chi connectivity index (χ4v) is 2.43. The van der Waals surface area contributed by atoms with E-state index < -0.39 is 0 Å². The van der Waals surface area contributed by atoms with Gasteiger partial charge in [-0.1, -0.05) is 25.1 Å². The number of ketones is 1. The van der Waals surface area contributed by atoms with Crippen LogP contribution in [0.15, 0.2) is 42.5 Å². The van der Waals surface area contributed by atoms with Crippen LogP contribution < -0.4 is 0 Å². The molecule has 0 N–H and O–H groups in total. The van der Waals surface area contributed by atoms with Crippen molar-refractivity contribution in [2.75, 3.05) is 0 Å². The zero-order valence-corrected chi connectivity index (χ0v) is 10.8. The SMILES string of the molecule is CCc1ccc(C(=O)/C=C/c2ccccc2F)s1. The van der Waals surface area contributed by atoms with Crippen LogP contribution in [0, 0.1) is 5.82 Å². The lowest BCUT2D eigenvalue weighted by molar-refractivity contribution is 0.105. The van der Waals surface area contributed by atoms with E-state index in [-0.39, 0.29) is 11.6 Å². The number of carbonyl (C=O) groups excluding carboxylic acids is 1. The average molecular weight is 260 g/mol. The van der Waals surface area contributed by atoms with Gasteiger partial charge < -0.3 is 0 Å². The highest BCUT2D eigenvalue weighted by Gasteiger charge is 2.05. The Bertz CT molecular complexity index is 584. The summed E-state index contributed by atoms with van der Waals surface area (Å²) >= 11 is 1.49. The van der Waals surface area contributed by atoms with Gasteiger partial charge in [-0.2, -0.15) is 0 Å². The molecule has 0 amide bonds. The van der Waals surface area contributed by atoms with E-state index in [4.69, 9.17) is 0 Å². The quantitative estimate of drug-likeness (QED) is 0.590. The van der Waals surface area contributed by atoms with Gasteiger partial charge in [0, 0.05) is 10.4 Å². The van der Waals surface area contributed by atoms with Crippen LogP contribution in [-0.4, -0.2) is 5.78 Å². The van der Waals surface area contributed by atoms with Gasteiger partial charge >= 0.3 is 0 Å². The topological polar surface area (TPSA) is 17.1 Å². The Morgan fingerprint density at radius 1 is 1.28 bits per heavy atom. The van der Waals surface area contributed by atoms with Crippen LogP contribution in [0.25, 0.3) is 6.08 Å². The molecule has 0 fully saturated rings. The van der Waals surface area contributed by atoms with Crippen molar-refractivity contribution in [3.8, 4) is 0 Å². The molecule has 92 valence electrons. The number of hydrogen-bond acceptors (Lipinski definition) is 2. The first-order chi connectivity index (χ1) is 8.70. The maximum Gasteiger partial charge on any atom is 0.195 e. The lowest BCUT2D eigenvalue weighted by Crippen LogP contribution is -1.89. The van der Waals surface area contributed by atoms with Gasteiger partial charge in [-0.3, -0.25) is 4.79 Å². The maximum atomic E-state index is 13.3. The summed E-state index contributed by atoms with van der Waals surface area (Å²) in [7, 11) is 0. The second-order valence-electron chi connectivity index (χ2n) is 3.84. The van der Waals surface area contributed by atoms with E-state index in [1.807, 2.05) is 12.1 Å². The molecular formula is C15H13FOS. The number of hydrogen-bond donors (Lipinski definition) is 0. The molecule has 18 heavy (non-hydrogen) atoms. The molecule has 3 heteroatoms. The monoisotopic (exact) mass is 260 g/mol. The average Bonchev–Trinajstić information content (AvgIpc) is 2.86. The van der Waals surface area contributed by atoms with Crippen molar-refractivity contribution >= 4 is 23.2 Å². The van der Waals surface area contributed by atoms with Gasteiger partial charge in [0.1, 0.15) is 5.82 Å². The van der Waals surface area contributed by atoms with Crippen LogP contribution >= 0.6 is 11.3 Å².